The Balaban J connectivity index is 2.20. The summed E-state index contributed by atoms with van der Waals surface area (Å²) < 4.78 is 13.5. The molecule has 0 bridgehead atoms. The third kappa shape index (κ3) is 2.88. The van der Waals surface area contributed by atoms with Crippen molar-refractivity contribution < 1.29 is 4.39 Å². The van der Waals surface area contributed by atoms with Crippen molar-refractivity contribution in [2.45, 2.75) is 6.54 Å². The summed E-state index contributed by atoms with van der Waals surface area (Å²) in [5, 5.41) is 0.0305. The van der Waals surface area contributed by atoms with Crippen LogP contribution in [0.25, 0.3) is 0 Å². The topological polar surface area (TPSA) is 41.9 Å². The zero-order valence-corrected chi connectivity index (χ0v) is 9.89. The molecular formula is C11H10ClFN4. The Bertz CT molecular complexity index is 506. The van der Waals surface area contributed by atoms with Crippen molar-refractivity contribution in [3.63, 3.8) is 0 Å². The quantitative estimate of drug-likeness (QED) is 0.786. The van der Waals surface area contributed by atoms with Gasteiger partial charge >= 0.3 is 0 Å². The van der Waals surface area contributed by atoms with E-state index < -0.39 is 5.82 Å². The van der Waals surface area contributed by atoms with Crippen molar-refractivity contribution in [1.82, 2.24) is 15.0 Å². The van der Waals surface area contributed by atoms with Crippen LogP contribution in [0.5, 0.6) is 0 Å². The Morgan fingerprint density at radius 1 is 1.35 bits per heavy atom. The Kier molecular flexibility index (Phi) is 3.49. The van der Waals surface area contributed by atoms with Crippen LogP contribution in [0.15, 0.2) is 30.7 Å². The number of anilines is 1. The molecular weight excluding hydrogens is 243 g/mol. The predicted octanol–water partition coefficient (Wildman–Crippen LogP) is 2.30. The SMILES string of the molecule is CN(Cc1ccncc1)c1nc(Cl)ncc1F. The fraction of sp³-hybridized carbons (Fsp3) is 0.182. The van der Waals surface area contributed by atoms with Crippen molar-refractivity contribution in [2.75, 3.05) is 11.9 Å². The van der Waals surface area contributed by atoms with Crippen LogP contribution in [0.1, 0.15) is 5.56 Å². The molecule has 0 spiro atoms. The van der Waals surface area contributed by atoms with Gasteiger partial charge in [-0.2, -0.15) is 4.98 Å². The summed E-state index contributed by atoms with van der Waals surface area (Å²) in [5.74, 6) is -0.312. The molecule has 4 nitrogen and oxygen atoms in total. The second-order valence-electron chi connectivity index (χ2n) is 3.52. The maximum atomic E-state index is 13.5. The first kappa shape index (κ1) is 11.7. The molecule has 17 heavy (non-hydrogen) atoms. The van der Waals surface area contributed by atoms with E-state index in [9.17, 15) is 4.39 Å². The number of nitrogens with zero attached hydrogens (tertiary/aromatic N) is 4. The molecule has 0 aliphatic heterocycles. The van der Waals surface area contributed by atoms with E-state index in [1.807, 2.05) is 12.1 Å². The van der Waals surface area contributed by atoms with E-state index in [0.29, 0.717) is 6.54 Å². The molecule has 0 saturated carbocycles. The molecule has 0 aliphatic rings. The highest BCUT2D eigenvalue weighted by Gasteiger charge is 2.11. The Labute approximate surface area is 103 Å². The van der Waals surface area contributed by atoms with Crippen molar-refractivity contribution in [3.05, 3.63) is 47.4 Å². The smallest absolute Gasteiger partial charge is 0.224 e. The normalized spacial score (nSPS) is 10.3. The first-order valence-corrected chi connectivity index (χ1v) is 5.32. The minimum atomic E-state index is -0.494. The van der Waals surface area contributed by atoms with E-state index in [2.05, 4.69) is 15.0 Å². The molecule has 2 aromatic rings. The van der Waals surface area contributed by atoms with Gasteiger partial charge in [0.25, 0.3) is 0 Å². The van der Waals surface area contributed by atoms with Crippen molar-refractivity contribution >= 4 is 17.4 Å². The van der Waals surface area contributed by atoms with Crippen molar-refractivity contribution in [2.24, 2.45) is 0 Å². The van der Waals surface area contributed by atoms with Crippen LogP contribution >= 0.6 is 11.6 Å². The summed E-state index contributed by atoms with van der Waals surface area (Å²) in [5.41, 5.74) is 1.01. The minimum absolute atomic E-state index is 0.0305. The van der Waals surface area contributed by atoms with Crippen LogP contribution in [0.4, 0.5) is 10.2 Å². The summed E-state index contributed by atoms with van der Waals surface area (Å²) in [6, 6.07) is 3.72. The van der Waals surface area contributed by atoms with E-state index in [1.54, 1.807) is 24.3 Å². The molecule has 88 valence electrons. The largest absolute Gasteiger partial charge is 0.353 e. The molecule has 2 rings (SSSR count). The highest BCUT2D eigenvalue weighted by atomic mass is 35.5. The zero-order valence-electron chi connectivity index (χ0n) is 9.14. The van der Waals surface area contributed by atoms with Gasteiger partial charge in [0.05, 0.1) is 6.20 Å². The summed E-state index contributed by atoms with van der Waals surface area (Å²) in [6.45, 7) is 0.521. The molecule has 0 fully saturated rings. The van der Waals surface area contributed by atoms with E-state index in [-0.39, 0.29) is 11.1 Å². The van der Waals surface area contributed by atoms with Gasteiger partial charge in [-0.25, -0.2) is 9.37 Å². The number of hydrogen-bond donors (Lipinski definition) is 0. The molecule has 2 heterocycles. The standard InChI is InChI=1S/C11H10ClFN4/c1-17(7-8-2-4-14-5-3-8)10-9(13)6-15-11(12)16-10/h2-6H,7H2,1H3. The van der Waals surface area contributed by atoms with Gasteiger partial charge in [0, 0.05) is 26.0 Å². The van der Waals surface area contributed by atoms with Crippen molar-refractivity contribution in [3.8, 4) is 0 Å². The summed E-state index contributed by atoms with van der Waals surface area (Å²) in [4.78, 5) is 13.0. The third-order valence-corrected chi connectivity index (χ3v) is 2.41. The van der Waals surface area contributed by atoms with Crippen LogP contribution in [0.2, 0.25) is 5.28 Å². The number of aromatic nitrogens is 3. The summed E-state index contributed by atoms with van der Waals surface area (Å²) in [7, 11) is 1.74. The molecule has 0 aromatic carbocycles. The minimum Gasteiger partial charge on any atom is -0.353 e. The van der Waals surface area contributed by atoms with Gasteiger partial charge in [0.1, 0.15) is 0 Å². The summed E-state index contributed by atoms with van der Waals surface area (Å²) >= 11 is 5.64. The molecule has 0 atom stereocenters. The highest BCUT2D eigenvalue weighted by Crippen LogP contribution is 2.17. The molecule has 0 aliphatic carbocycles. The third-order valence-electron chi connectivity index (χ3n) is 2.23. The number of halogens is 2. The van der Waals surface area contributed by atoms with Crippen LogP contribution in [-0.2, 0) is 6.54 Å². The highest BCUT2D eigenvalue weighted by molar-refractivity contribution is 6.28. The monoisotopic (exact) mass is 252 g/mol. The van der Waals surface area contributed by atoms with Crippen LogP contribution < -0.4 is 4.90 Å². The molecule has 0 amide bonds. The first-order chi connectivity index (χ1) is 8.16. The van der Waals surface area contributed by atoms with Gasteiger partial charge in [-0.1, -0.05) is 0 Å². The van der Waals surface area contributed by atoms with E-state index in [4.69, 9.17) is 11.6 Å². The fourth-order valence-corrected chi connectivity index (χ4v) is 1.57. The fourth-order valence-electron chi connectivity index (χ4n) is 1.44. The maximum absolute atomic E-state index is 13.5. The molecule has 0 N–H and O–H groups in total. The van der Waals surface area contributed by atoms with Crippen LogP contribution in [0.3, 0.4) is 0 Å². The Morgan fingerprint density at radius 3 is 2.76 bits per heavy atom. The zero-order chi connectivity index (χ0) is 12.3. The van der Waals surface area contributed by atoms with E-state index >= 15 is 0 Å². The van der Waals surface area contributed by atoms with Gasteiger partial charge in [0.15, 0.2) is 11.6 Å². The van der Waals surface area contributed by atoms with E-state index in [0.717, 1.165) is 11.8 Å². The van der Waals surface area contributed by atoms with E-state index in [1.165, 1.54) is 0 Å². The maximum Gasteiger partial charge on any atom is 0.224 e. The lowest BCUT2D eigenvalue weighted by Gasteiger charge is -2.18. The second kappa shape index (κ2) is 5.05. The lowest BCUT2D eigenvalue weighted by atomic mass is 10.2. The lowest BCUT2D eigenvalue weighted by molar-refractivity contribution is 0.607. The van der Waals surface area contributed by atoms with Crippen LogP contribution in [-0.4, -0.2) is 22.0 Å². The molecule has 0 unspecified atom stereocenters. The van der Waals surface area contributed by atoms with Crippen LogP contribution in [0, 0.1) is 5.82 Å². The number of hydrogen-bond acceptors (Lipinski definition) is 4. The molecule has 0 radical (unpaired) electrons. The Hall–Kier alpha value is -1.75. The molecule has 6 heteroatoms. The van der Waals surface area contributed by atoms with Gasteiger partial charge < -0.3 is 4.90 Å². The first-order valence-electron chi connectivity index (χ1n) is 4.95. The average molecular weight is 253 g/mol. The number of pyridine rings is 1. The predicted molar refractivity (Wildman–Crippen MR) is 63.3 cm³/mol. The van der Waals surface area contributed by atoms with Gasteiger partial charge in [0.2, 0.25) is 5.28 Å². The molecule has 2 aromatic heterocycles. The molecule has 0 saturated heterocycles. The van der Waals surface area contributed by atoms with Gasteiger partial charge in [-0.05, 0) is 29.3 Å². The van der Waals surface area contributed by atoms with Gasteiger partial charge in [-0.15, -0.1) is 0 Å². The number of rotatable bonds is 3. The summed E-state index contributed by atoms with van der Waals surface area (Å²) in [6.07, 6.45) is 4.44. The Morgan fingerprint density at radius 2 is 2.06 bits per heavy atom. The lowest BCUT2D eigenvalue weighted by Crippen LogP contribution is -2.19. The second-order valence-corrected chi connectivity index (χ2v) is 3.86. The van der Waals surface area contributed by atoms with Gasteiger partial charge in [-0.3, -0.25) is 4.98 Å². The van der Waals surface area contributed by atoms with Crippen molar-refractivity contribution in [1.29, 1.82) is 0 Å². The average Bonchev–Trinajstić information content (AvgIpc) is 2.33.